The molecular formula is C19H15Br2FN6O3. The number of nitrogens with one attached hydrogen (secondary N) is 1. The highest BCUT2D eigenvalue weighted by Gasteiger charge is 2.22. The smallest absolute Gasteiger partial charge is 0.406 e. The molecule has 3 aromatic rings. The van der Waals surface area contributed by atoms with E-state index >= 15 is 0 Å². The van der Waals surface area contributed by atoms with E-state index in [2.05, 4.69) is 47.3 Å². The van der Waals surface area contributed by atoms with Crippen molar-refractivity contribution in [3.8, 4) is 11.8 Å². The first kappa shape index (κ1) is 22.6. The van der Waals surface area contributed by atoms with Crippen LogP contribution in [0.25, 0.3) is 0 Å². The molecule has 3 rings (SSSR count). The second-order valence-electron chi connectivity index (χ2n) is 6.44. The van der Waals surface area contributed by atoms with Gasteiger partial charge in [0, 0.05) is 19.7 Å². The first-order valence-corrected chi connectivity index (χ1v) is 10.4. The van der Waals surface area contributed by atoms with Gasteiger partial charge in [0.15, 0.2) is 17.7 Å². The maximum absolute atomic E-state index is 14.0. The van der Waals surface area contributed by atoms with Crippen molar-refractivity contribution in [1.82, 2.24) is 14.8 Å². The Labute approximate surface area is 193 Å². The van der Waals surface area contributed by atoms with E-state index in [0.29, 0.717) is 31.6 Å². The number of pyridine rings is 1. The predicted octanol–water partition coefficient (Wildman–Crippen LogP) is 5.01. The van der Waals surface area contributed by atoms with Gasteiger partial charge in [-0.2, -0.15) is 10.4 Å². The molecule has 0 radical (unpaired) electrons. The first-order chi connectivity index (χ1) is 14.7. The van der Waals surface area contributed by atoms with Crippen LogP contribution < -0.4 is 10.1 Å². The summed E-state index contributed by atoms with van der Waals surface area (Å²) >= 11 is 6.56. The van der Waals surface area contributed by atoms with Crippen LogP contribution in [-0.4, -0.2) is 19.7 Å². The van der Waals surface area contributed by atoms with Gasteiger partial charge in [-0.1, -0.05) is 6.07 Å². The molecule has 0 saturated carbocycles. The lowest BCUT2D eigenvalue weighted by atomic mass is 10.0. The number of nitriles is 1. The minimum atomic E-state index is -0.718. The molecule has 9 nitrogen and oxygen atoms in total. The van der Waals surface area contributed by atoms with Crippen molar-refractivity contribution in [1.29, 1.82) is 5.26 Å². The number of anilines is 1. The number of ether oxygens (including phenoxy) is 1. The zero-order valence-corrected chi connectivity index (χ0v) is 19.4. The molecule has 160 valence electrons. The fourth-order valence-corrected chi connectivity index (χ4v) is 3.78. The molecule has 0 aliphatic rings. The number of aryl methyl sites for hydroxylation is 1. The average Bonchev–Trinajstić information content (AvgIpc) is 2.99. The topological polar surface area (TPSA) is 119 Å². The van der Waals surface area contributed by atoms with Crippen LogP contribution in [0.2, 0.25) is 0 Å². The third-order valence-electron chi connectivity index (χ3n) is 4.36. The van der Waals surface area contributed by atoms with Crippen LogP contribution in [0.15, 0.2) is 39.4 Å². The Kier molecular flexibility index (Phi) is 6.87. The minimum absolute atomic E-state index is 0.0406. The number of nitro groups is 1. The van der Waals surface area contributed by atoms with Gasteiger partial charge in [-0.25, -0.2) is 4.39 Å². The Hall–Kier alpha value is -3.04. The molecule has 2 aromatic heterocycles. The van der Waals surface area contributed by atoms with Crippen molar-refractivity contribution >= 4 is 43.5 Å². The minimum Gasteiger partial charge on any atom is -0.478 e. The van der Waals surface area contributed by atoms with Crippen LogP contribution in [0.3, 0.4) is 0 Å². The molecule has 0 bridgehead atoms. The molecule has 12 heteroatoms. The molecule has 1 N–H and O–H groups in total. The third kappa shape index (κ3) is 5.00. The van der Waals surface area contributed by atoms with Crippen LogP contribution in [0.5, 0.6) is 5.75 Å². The molecule has 0 spiro atoms. The Bertz CT molecular complexity index is 1190. The Morgan fingerprint density at radius 1 is 1.42 bits per heavy atom. The summed E-state index contributed by atoms with van der Waals surface area (Å²) < 4.78 is 22.2. The normalized spacial score (nSPS) is 11.6. The highest BCUT2D eigenvalue weighted by molar-refractivity contribution is 9.11. The fraction of sp³-hybridized carbons (Fsp3) is 0.211. The van der Waals surface area contributed by atoms with Crippen molar-refractivity contribution in [2.45, 2.75) is 19.6 Å². The summed E-state index contributed by atoms with van der Waals surface area (Å²) in [5.74, 6) is -0.495. The number of nitrogens with zero attached hydrogens (tertiary/aromatic N) is 5. The molecule has 31 heavy (non-hydrogen) atoms. The lowest BCUT2D eigenvalue weighted by Gasteiger charge is -2.19. The fourth-order valence-electron chi connectivity index (χ4n) is 2.91. The van der Waals surface area contributed by atoms with Crippen molar-refractivity contribution in [3.63, 3.8) is 0 Å². The molecule has 0 aliphatic carbocycles. The van der Waals surface area contributed by atoms with Gasteiger partial charge in [-0.15, -0.1) is 0 Å². The van der Waals surface area contributed by atoms with Gasteiger partial charge < -0.3 is 20.2 Å². The predicted molar refractivity (Wildman–Crippen MR) is 117 cm³/mol. The molecule has 0 fully saturated rings. The SMILES string of the molecule is CC(Oc1cc(Br)cnc1[N+](=O)[O-])c1cc(F)ccc1CNc1nn(C)c(C#N)c1Br. The summed E-state index contributed by atoms with van der Waals surface area (Å²) in [6.45, 7) is 1.91. The number of aromatic nitrogens is 3. The van der Waals surface area contributed by atoms with E-state index in [-0.39, 0.29) is 12.3 Å². The van der Waals surface area contributed by atoms with E-state index in [9.17, 15) is 19.8 Å². The van der Waals surface area contributed by atoms with E-state index in [1.54, 1.807) is 20.0 Å². The quantitative estimate of drug-likeness (QED) is 0.322. The van der Waals surface area contributed by atoms with Crippen molar-refractivity contribution in [3.05, 3.63) is 72.2 Å². The van der Waals surface area contributed by atoms with Gasteiger partial charge in [0.25, 0.3) is 0 Å². The lowest BCUT2D eigenvalue weighted by Crippen LogP contribution is -2.11. The van der Waals surface area contributed by atoms with Gasteiger partial charge in [-0.05, 0) is 72.0 Å². The van der Waals surface area contributed by atoms with Crippen LogP contribution >= 0.6 is 31.9 Å². The monoisotopic (exact) mass is 552 g/mol. The lowest BCUT2D eigenvalue weighted by molar-refractivity contribution is -0.390. The maximum atomic E-state index is 14.0. The summed E-state index contributed by atoms with van der Waals surface area (Å²) in [6, 6.07) is 7.70. The third-order valence-corrected chi connectivity index (χ3v) is 5.55. The number of rotatable bonds is 7. The zero-order valence-electron chi connectivity index (χ0n) is 16.3. The standard InChI is InChI=1S/C19H15Br2FN6O3/c1-10(31-16-5-12(20)9-25-19(16)28(29)30)14-6-13(22)4-3-11(14)8-24-18-17(21)15(7-23)27(2)26-18/h3-6,9-10H,8H2,1-2H3,(H,24,26). The van der Waals surface area contributed by atoms with Crippen molar-refractivity contribution in [2.24, 2.45) is 7.05 Å². The maximum Gasteiger partial charge on any atom is 0.406 e. The van der Waals surface area contributed by atoms with Crippen LogP contribution in [-0.2, 0) is 13.6 Å². The van der Waals surface area contributed by atoms with Crippen molar-refractivity contribution < 1.29 is 14.1 Å². The molecule has 1 aromatic carbocycles. The average molecular weight is 554 g/mol. The summed E-state index contributed by atoms with van der Waals surface area (Å²) in [6.07, 6.45) is 0.581. The second-order valence-corrected chi connectivity index (χ2v) is 8.14. The van der Waals surface area contributed by atoms with Gasteiger partial charge in [0.1, 0.15) is 18.0 Å². The highest BCUT2D eigenvalue weighted by atomic mass is 79.9. The van der Waals surface area contributed by atoms with Gasteiger partial charge in [0.05, 0.1) is 8.95 Å². The summed E-state index contributed by atoms with van der Waals surface area (Å²) in [5.41, 5.74) is 1.54. The zero-order chi connectivity index (χ0) is 22.7. The second kappa shape index (κ2) is 9.40. The summed E-state index contributed by atoms with van der Waals surface area (Å²) in [7, 11) is 1.65. The molecule has 0 aliphatic heterocycles. The number of hydrogen-bond acceptors (Lipinski definition) is 7. The first-order valence-electron chi connectivity index (χ1n) is 8.82. The molecule has 0 saturated heterocycles. The van der Waals surface area contributed by atoms with Crippen LogP contribution in [0, 0.1) is 27.3 Å². The summed E-state index contributed by atoms with van der Waals surface area (Å²) in [5, 5.41) is 27.8. The Balaban J connectivity index is 1.88. The van der Waals surface area contributed by atoms with Crippen LogP contribution in [0.1, 0.15) is 29.8 Å². The molecule has 2 heterocycles. The molecular weight excluding hydrogens is 539 g/mol. The van der Waals surface area contributed by atoms with E-state index in [4.69, 9.17) is 4.74 Å². The molecule has 1 atom stereocenters. The van der Waals surface area contributed by atoms with Crippen LogP contribution in [0.4, 0.5) is 16.0 Å². The van der Waals surface area contributed by atoms with Gasteiger partial charge in [-0.3, -0.25) is 4.68 Å². The van der Waals surface area contributed by atoms with E-state index in [1.807, 2.05) is 6.07 Å². The number of halogens is 3. The highest BCUT2D eigenvalue weighted by Crippen LogP contribution is 2.33. The van der Waals surface area contributed by atoms with E-state index < -0.39 is 22.7 Å². The summed E-state index contributed by atoms with van der Waals surface area (Å²) in [4.78, 5) is 14.4. The number of hydrogen-bond donors (Lipinski definition) is 1. The number of benzene rings is 1. The molecule has 0 amide bonds. The van der Waals surface area contributed by atoms with Gasteiger partial charge >= 0.3 is 5.82 Å². The molecule has 1 unspecified atom stereocenters. The van der Waals surface area contributed by atoms with Gasteiger partial charge in [0.2, 0.25) is 5.75 Å². The Morgan fingerprint density at radius 2 is 2.16 bits per heavy atom. The largest absolute Gasteiger partial charge is 0.478 e. The van der Waals surface area contributed by atoms with E-state index in [0.717, 1.165) is 0 Å². The Morgan fingerprint density at radius 3 is 2.81 bits per heavy atom. The van der Waals surface area contributed by atoms with Crippen molar-refractivity contribution in [2.75, 3.05) is 5.32 Å². The van der Waals surface area contributed by atoms with E-state index in [1.165, 1.54) is 29.1 Å².